The van der Waals surface area contributed by atoms with Crippen molar-refractivity contribution in [3.05, 3.63) is 0 Å². The monoisotopic (exact) mass is 269 g/mol. The Labute approximate surface area is 120 Å². The van der Waals surface area contributed by atoms with Crippen molar-refractivity contribution in [2.75, 3.05) is 20.3 Å². The van der Waals surface area contributed by atoms with Crippen LogP contribution >= 0.6 is 0 Å². The van der Waals surface area contributed by atoms with Crippen LogP contribution in [0.3, 0.4) is 0 Å². The molecule has 1 aliphatic carbocycles. The van der Waals surface area contributed by atoms with Gasteiger partial charge in [-0.1, -0.05) is 13.8 Å². The lowest BCUT2D eigenvalue weighted by Crippen LogP contribution is -2.43. The first-order chi connectivity index (χ1) is 8.73. The number of hydrogen-bond acceptors (Lipinski definition) is 2. The van der Waals surface area contributed by atoms with Crippen LogP contribution < -0.4 is 5.32 Å². The maximum Gasteiger partial charge on any atom is 0.0462 e. The molecule has 0 aromatic carbocycles. The van der Waals surface area contributed by atoms with Gasteiger partial charge in [0.2, 0.25) is 0 Å². The van der Waals surface area contributed by atoms with Crippen LogP contribution in [-0.2, 0) is 4.74 Å². The second kappa shape index (κ2) is 7.08. The van der Waals surface area contributed by atoms with Gasteiger partial charge in [-0.2, -0.15) is 0 Å². The molecular weight excluding hydrogens is 234 g/mol. The molecular formula is C17H35NO. The van der Waals surface area contributed by atoms with Gasteiger partial charge in [0.05, 0.1) is 0 Å². The Balaban J connectivity index is 2.50. The molecule has 2 unspecified atom stereocenters. The van der Waals surface area contributed by atoms with E-state index in [0.717, 1.165) is 18.4 Å². The Morgan fingerprint density at radius 3 is 2.47 bits per heavy atom. The first-order valence-electron chi connectivity index (χ1n) is 7.97. The van der Waals surface area contributed by atoms with E-state index in [9.17, 15) is 0 Å². The number of methoxy groups -OCH3 is 1. The van der Waals surface area contributed by atoms with E-state index in [1.807, 2.05) is 7.11 Å². The molecule has 0 aromatic heterocycles. The predicted molar refractivity (Wildman–Crippen MR) is 83.5 cm³/mol. The van der Waals surface area contributed by atoms with Crippen LogP contribution in [0, 0.1) is 17.3 Å². The topological polar surface area (TPSA) is 21.3 Å². The summed E-state index contributed by atoms with van der Waals surface area (Å²) in [6.45, 7) is 13.8. The van der Waals surface area contributed by atoms with Crippen molar-refractivity contribution in [1.29, 1.82) is 0 Å². The lowest BCUT2D eigenvalue weighted by Gasteiger charge is -2.42. The van der Waals surface area contributed by atoms with Gasteiger partial charge in [0, 0.05) is 19.3 Å². The summed E-state index contributed by atoms with van der Waals surface area (Å²) >= 11 is 0. The molecule has 114 valence electrons. The number of hydrogen-bond donors (Lipinski definition) is 1. The van der Waals surface area contributed by atoms with Gasteiger partial charge in [-0.05, 0) is 76.7 Å². The highest BCUT2D eigenvalue weighted by Gasteiger charge is 2.34. The Hall–Kier alpha value is -0.0800. The quantitative estimate of drug-likeness (QED) is 0.728. The molecule has 2 atom stereocenters. The van der Waals surface area contributed by atoms with E-state index in [1.165, 1.54) is 38.6 Å². The summed E-state index contributed by atoms with van der Waals surface area (Å²) in [5.74, 6) is 1.72. The van der Waals surface area contributed by atoms with Crippen molar-refractivity contribution in [3.63, 3.8) is 0 Å². The summed E-state index contributed by atoms with van der Waals surface area (Å²) in [5.41, 5.74) is 0.778. The van der Waals surface area contributed by atoms with E-state index in [0.29, 0.717) is 5.41 Å². The molecule has 0 radical (unpaired) electrons. The third-order valence-electron chi connectivity index (χ3n) is 4.49. The molecule has 1 aliphatic rings. The van der Waals surface area contributed by atoms with Crippen molar-refractivity contribution in [2.24, 2.45) is 17.3 Å². The molecule has 1 saturated carbocycles. The van der Waals surface area contributed by atoms with Gasteiger partial charge in [0.25, 0.3) is 0 Å². The highest BCUT2D eigenvalue weighted by atomic mass is 16.5. The highest BCUT2D eigenvalue weighted by molar-refractivity contribution is 4.87. The molecule has 0 spiro atoms. The fourth-order valence-corrected chi connectivity index (χ4v) is 3.32. The van der Waals surface area contributed by atoms with E-state index in [2.05, 4.69) is 39.9 Å². The average molecular weight is 269 g/mol. The smallest absolute Gasteiger partial charge is 0.0462 e. The van der Waals surface area contributed by atoms with Gasteiger partial charge in [-0.15, -0.1) is 0 Å². The molecule has 19 heavy (non-hydrogen) atoms. The minimum absolute atomic E-state index is 0.240. The molecule has 1 N–H and O–H groups in total. The summed E-state index contributed by atoms with van der Waals surface area (Å²) in [7, 11) is 1.81. The second-order valence-corrected chi connectivity index (χ2v) is 8.19. The molecule has 1 rings (SSSR count). The molecule has 0 aromatic rings. The number of ether oxygens (including phenoxy) is 1. The third kappa shape index (κ3) is 6.76. The van der Waals surface area contributed by atoms with E-state index >= 15 is 0 Å². The van der Waals surface area contributed by atoms with Crippen molar-refractivity contribution in [2.45, 2.75) is 72.3 Å². The molecule has 2 heteroatoms. The van der Waals surface area contributed by atoms with Gasteiger partial charge in [-0.3, -0.25) is 0 Å². The van der Waals surface area contributed by atoms with Gasteiger partial charge in [-0.25, -0.2) is 0 Å². The Kier molecular flexibility index (Phi) is 6.32. The van der Waals surface area contributed by atoms with Gasteiger partial charge in [0.1, 0.15) is 0 Å². The largest absolute Gasteiger partial charge is 0.385 e. The van der Waals surface area contributed by atoms with Crippen LogP contribution in [0.5, 0.6) is 0 Å². The van der Waals surface area contributed by atoms with Gasteiger partial charge >= 0.3 is 0 Å². The van der Waals surface area contributed by atoms with Crippen molar-refractivity contribution in [3.8, 4) is 0 Å². The second-order valence-electron chi connectivity index (χ2n) is 8.19. The van der Waals surface area contributed by atoms with Gasteiger partial charge in [0.15, 0.2) is 0 Å². The molecule has 0 amide bonds. The molecule has 0 saturated heterocycles. The van der Waals surface area contributed by atoms with E-state index in [4.69, 9.17) is 4.74 Å². The van der Waals surface area contributed by atoms with Crippen LogP contribution in [0.15, 0.2) is 0 Å². The molecule has 0 bridgehead atoms. The Morgan fingerprint density at radius 1 is 1.21 bits per heavy atom. The zero-order valence-electron chi connectivity index (χ0n) is 14.0. The standard InChI is InChI=1S/C17H35NO/c1-16(2,3)18-13-15-9-10-17(4,5)12-14(15)8-7-11-19-6/h14-15,18H,7-13H2,1-6H3. The molecule has 0 aliphatic heterocycles. The zero-order valence-corrected chi connectivity index (χ0v) is 14.0. The predicted octanol–water partition coefficient (Wildman–Crippen LogP) is 4.24. The maximum absolute atomic E-state index is 5.22. The van der Waals surface area contributed by atoms with Gasteiger partial charge < -0.3 is 10.1 Å². The summed E-state index contributed by atoms with van der Waals surface area (Å²) in [4.78, 5) is 0. The van der Waals surface area contributed by atoms with E-state index < -0.39 is 0 Å². The zero-order chi connectivity index (χ0) is 14.5. The Bertz CT molecular complexity index is 254. The normalized spacial score (nSPS) is 27.5. The molecule has 2 nitrogen and oxygen atoms in total. The van der Waals surface area contributed by atoms with Crippen LogP contribution in [0.25, 0.3) is 0 Å². The Morgan fingerprint density at radius 2 is 1.89 bits per heavy atom. The van der Waals surface area contributed by atoms with E-state index in [-0.39, 0.29) is 5.54 Å². The summed E-state index contributed by atoms with van der Waals surface area (Å²) in [6.07, 6.45) is 6.68. The van der Waals surface area contributed by atoms with Crippen LogP contribution in [-0.4, -0.2) is 25.8 Å². The SMILES string of the molecule is COCCCC1CC(C)(C)CCC1CNC(C)(C)C. The lowest BCUT2D eigenvalue weighted by molar-refractivity contribution is 0.0945. The minimum Gasteiger partial charge on any atom is -0.385 e. The van der Waals surface area contributed by atoms with Crippen molar-refractivity contribution >= 4 is 0 Å². The summed E-state index contributed by atoms with van der Waals surface area (Å²) in [6, 6.07) is 0. The van der Waals surface area contributed by atoms with Crippen LogP contribution in [0.4, 0.5) is 0 Å². The third-order valence-corrected chi connectivity index (χ3v) is 4.49. The maximum atomic E-state index is 5.22. The van der Waals surface area contributed by atoms with Crippen LogP contribution in [0.1, 0.15) is 66.7 Å². The first kappa shape index (κ1) is 17.0. The average Bonchev–Trinajstić information content (AvgIpc) is 2.26. The molecule has 0 heterocycles. The fraction of sp³-hybridized carbons (Fsp3) is 1.00. The first-order valence-corrected chi connectivity index (χ1v) is 7.97. The highest BCUT2D eigenvalue weighted by Crippen LogP contribution is 2.43. The molecule has 1 fully saturated rings. The lowest BCUT2D eigenvalue weighted by atomic mass is 9.66. The van der Waals surface area contributed by atoms with Crippen molar-refractivity contribution in [1.82, 2.24) is 5.32 Å². The minimum atomic E-state index is 0.240. The number of rotatable bonds is 6. The number of nitrogens with one attached hydrogen (secondary N) is 1. The summed E-state index contributed by atoms with van der Waals surface area (Å²) < 4.78 is 5.22. The fourth-order valence-electron chi connectivity index (χ4n) is 3.32. The van der Waals surface area contributed by atoms with Crippen molar-refractivity contribution < 1.29 is 4.74 Å². The summed E-state index contributed by atoms with van der Waals surface area (Å²) in [5, 5.41) is 3.71. The van der Waals surface area contributed by atoms with Crippen LogP contribution in [0.2, 0.25) is 0 Å². The van der Waals surface area contributed by atoms with E-state index in [1.54, 1.807) is 0 Å².